The second kappa shape index (κ2) is 46.3. The minimum Gasteiger partial charge on any atom is -0.306 e. The van der Waals surface area contributed by atoms with Gasteiger partial charge in [-0.3, -0.25) is 24.0 Å². The SMILES string of the molecule is [2H]C([2H])(c1ccc(Cl)cc1)c1nn(C2CCCN(C)CC2)c(=O)c2ccccc12.[2H]c1c([2H])c(C([2H])([2H])c2nn(C3CCCN(C)CC3)c(=O)c3ccccc23)c([2H])c([2H])c1Cl.[2H]c1c([2H])c(Cc2nn(C3CCCN(C)CC3)c(=O)c3ccccc23)c([2H])c([2H])c1Cl.[2H]c1c([2H])c([2H])c2c(=O)n(C3CCCN(C)CC3)nc(C([2H])([2H])c3ccc(Cl)cc3)c2c1[2H].[2H]c1c([2H])c([2H])c2c(=O)n(C3CCCN(C)CC3)nc(Cc3ccc(Cl)cc3)c2c1[2H]. The number of hydrogen-bond acceptors (Lipinski definition) is 15. The molecule has 25 heteroatoms. The lowest BCUT2D eigenvalue weighted by molar-refractivity contribution is 0.334. The molecule has 5 unspecified atom stereocenters. The van der Waals surface area contributed by atoms with Gasteiger partial charge >= 0.3 is 0 Å². The largest absolute Gasteiger partial charge is 0.306 e. The number of likely N-dealkylation sites (tertiary alicyclic amines) is 5. The molecule has 10 heterocycles. The van der Waals surface area contributed by atoms with Crippen LogP contribution in [0.2, 0.25) is 25.1 Å². The summed E-state index contributed by atoms with van der Waals surface area (Å²) in [7, 11) is 10.2. The monoisotopic (exact) mass is 1930 g/mol. The molecule has 10 aromatic carbocycles. The van der Waals surface area contributed by atoms with Crippen LogP contribution in [0.3, 0.4) is 0 Å². The highest BCUT2D eigenvalue weighted by Gasteiger charge is 2.28. The van der Waals surface area contributed by atoms with Crippen LogP contribution in [0.25, 0.3) is 53.9 Å². The molecule has 0 amide bonds. The van der Waals surface area contributed by atoms with Gasteiger partial charge in [-0.05, 0) is 316 Å². The summed E-state index contributed by atoms with van der Waals surface area (Å²) in [5.74, 6) is 0. The van der Waals surface area contributed by atoms with E-state index in [9.17, 15) is 24.0 Å². The Morgan fingerprint density at radius 3 is 0.815 bits per heavy atom. The summed E-state index contributed by atoms with van der Waals surface area (Å²) >= 11 is 29.8. The first kappa shape index (κ1) is 72.5. The Hall–Kier alpha value is -10.9. The number of halogens is 5. The van der Waals surface area contributed by atoms with Crippen molar-refractivity contribution in [1.82, 2.24) is 73.4 Å². The van der Waals surface area contributed by atoms with Gasteiger partial charge in [0.1, 0.15) is 0 Å². The zero-order chi connectivity index (χ0) is 113. The highest BCUT2D eigenvalue weighted by Crippen LogP contribution is 2.32. The topological polar surface area (TPSA) is 191 Å². The van der Waals surface area contributed by atoms with Gasteiger partial charge in [-0.2, -0.15) is 25.5 Å². The molecule has 20 nitrogen and oxygen atoms in total. The van der Waals surface area contributed by atoms with E-state index >= 15 is 0 Å². The normalized spacial score (nSPS) is 21.2. The van der Waals surface area contributed by atoms with Crippen LogP contribution >= 0.6 is 58.0 Å². The smallest absolute Gasteiger partial charge is 0.274 e. The van der Waals surface area contributed by atoms with Crippen LogP contribution < -0.4 is 27.8 Å². The van der Waals surface area contributed by atoms with E-state index in [0.717, 1.165) is 148 Å². The van der Waals surface area contributed by atoms with Gasteiger partial charge in [0.15, 0.2) is 0 Å². The van der Waals surface area contributed by atoms with E-state index in [1.807, 2.05) is 56.6 Å². The van der Waals surface area contributed by atoms with Crippen LogP contribution in [-0.2, 0) is 32.0 Å². The van der Waals surface area contributed by atoms with Gasteiger partial charge in [0.05, 0.1) is 108 Å². The Morgan fingerprint density at radius 2 is 0.489 bits per heavy atom. The van der Waals surface area contributed by atoms with Gasteiger partial charge < -0.3 is 24.5 Å². The Kier molecular flexibility index (Phi) is 24.9. The first-order valence-electron chi connectivity index (χ1n) is 56.8. The second-order valence-electron chi connectivity index (χ2n) is 35.1. The van der Waals surface area contributed by atoms with Crippen molar-refractivity contribution in [3.05, 3.63) is 375 Å². The van der Waals surface area contributed by atoms with Crippen molar-refractivity contribution in [2.75, 3.05) is 101 Å². The van der Waals surface area contributed by atoms with Crippen LogP contribution in [0.5, 0.6) is 0 Å². The first-order chi connectivity index (χ1) is 74.5. The standard InChI is InChI=1S/5C22H24ClN3O/c5*1-25-13-4-5-18(12-14-25)26-22(27)20-7-3-2-6-19(20)21(24-26)15-16-8-10-17(23)11-9-16/h5*2-3,6-11,18H,4-5,12-15H2,1H3/i8D,9D,10D,11D,15D2;2D,3D,6D,7D,15D2;8D,9D,10D,11D;2D,3D,6D,7D;15D2. The second-order valence-corrected chi connectivity index (χ2v) is 37.2. The fourth-order valence-corrected chi connectivity index (χ4v) is 18.5. The van der Waals surface area contributed by atoms with Crippen molar-refractivity contribution >= 4 is 112 Å². The molecule has 5 fully saturated rings. The fourth-order valence-electron chi connectivity index (χ4n) is 18.0. The zero-order valence-electron chi connectivity index (χ0n) is 98.0. The molecule has 5 aliphatic heterocycles. The molecule has 0 saturated carbocycles. The van der Waals surface area contributed by atoms with E-state index in [-0.39, 0.29) is 161 Å². The van der Waals surface area contributed by atoms with Crippen LogP contribution in [0.1, 0.15) is 213 Å². The number of hydrogen-bond donors (Lipinski definition) is 0. The van der Waals surface area contributed by atoms with Gasteiger partial charge in [0.25, 0.3) is 27.8 Å². The highest BCUT2D eigenvalue weighted by molar-refractivity contribution is 6.31. The predicted molar refractivity (Wildman–Crippen MR) is 553 cm³/mol. The third-order valence-corrected chi connectivity index (χ3v) is 26.5. The molecule has 0 aliphatic carbocycles. The summed E-state index contributed by atoms with van der Waals surface area (Å²) < 4.78 is 192. The summed E-state index contributed by atoms with van der Waals surface area (Å²) in [4.78, 5) is 77.9. The maximum atomic E-state index is 13.5. The van der Waals surface area contributed by atoms with Crippen LogP contribution in [0.15, 0.2) is 266 Å². The fraction of sp³-hybridized carbons (Fsp3) is 0.364. The van der Waals surface area contributed by atoms with Crippen LogP contribution in [0.4, 0.5) is 0 Å². The van der Waals surface area contributed by atoms with Crippen molar-refractivity contribution < 1.29 is 30.2 Å². The molecule has 700 valence electrons. The van der Waals surface area contributed by atoms with Crippen LogP contribution in [-0.4, -0.2) is 174 Å². The van der Waals surface area contributed by atoms with Crippen molar-refractivity contribution in [2.24, 2.45) is 0 Å². The summed E-state index contributed by atoms with van der Waals surface area (Å²) in [6.07, 6.45) is 6.05. The third kappa shape index (κ3) is 25.0. The first-order valence-corrected chi connectivity index (χ1v) is 47.7. The molecule has 5 aliphatic rings. The van der Waals surface area contributed by atoms with E-state index in [2.05, 4.69) is 66.0 Å². The quantitative estimate of drug-likeness (QED) is 0.0941. The Morgan fingerprint density at radius 1 is 0.252 bits per heavy atom. The predicted octanol–water partition coefficient (Wildman–Crippen LogP) is 21.5. The van der Waals surface area contributed by atoms with Gasteiger partial charge in [0.2, 0.25) is 0 Å². The van der Waals surface area contributed by atoms with Gasteiger partial charge in [0, 0.05) is 92.2 Å². The number of nitrogens with zero attached hydrogens (tertiary/aromatic N) is 15. The van der Waals surface area contributed by atoms with E-state index in [1.54, 1.807) is 95.7 Å². The highest BCUT2D eigenvalue weighted by atomic mass is 35.5. The maximum Gasteiger partial charge on any atom is 0.274 e. The lowest BCUT2D eigenvalue weighted by Crippen LogP contribution is -2.29. The molecule has 0 N–H and O–H groups in total. The Labute approximate surface area is 845 Å². The van der Waals surface area contributed by atoms with Crippen molar-refractivity contribution in [3.63, 3.8) is 0 Å². The molecule has 5 aromatic heterocycles. The van der Waals surface area contributed by atoms with E-state index in [4.69, 9.17) is 93.3 Å². The van der Waals surface area contributed by atoms with E-state index in [0.29, 0.717) is 84.6 Å². The van der Waals surface area contributed by atoms with Crippen molar-refractivity contribution in [2.45, 2.75) is 158 Å². The molecule has 0 spiro atoms. The molecule has 15 aromatic rings. The number of aromatic nitrogens is 10. The van der Waals surface area contributed by atoms with E-state index in [1.165, 1.54) is 30.9 Å². The summed E-state index contributed by atoms with van der Waals surface area (Å²) in [5.41, 5.74) is 0.686. The van der Waals surface area contributed by atoms with Gasteiger partial charge in [-0.15, -0.1) is 0 Å². The van der Waals surface area contributed by atoms with Crippen LogP contribution in [0, 0.1) is 0 Å². The molecular formula is C110H120Cl5N15O5. The Balaban J connectivity index is 0.000000139. The van der Waals surface area contributed by atoms with Gasteiger partial charge in [-0.1, -0.05) is 209 Å². The summed E-state index contributed by atoms with van der Waals surface area (Å²) in [6, 6.07) is 34.1. The van der Waals surface area contributed by atoms with Crippen molar-refractivity contribution in [1.29, 1.82) is 0 Å². The zero-order valence-corrected chi connectivity index (χ0v) is 79.8. The molecule has 0 bridgehead atoms. The minimum absolute atomic E-state index is 0.0163. The number of benzene rings is 10. The lowest BCUT2D eigenvalue weighted by atomic mass is 10.0. The maximum absolute atomic E-state index is 13.5. The van der Waals surface area contributed by atoms with Crippen molar-refractivity contribution in [3.8, 4) is 0 Å². The summed E-state index contributed by atoms with van der Waals surface area (Å²) in [5, 5.41) is 26.7. The van der Waals surface area contributed by atoms with E-state index < -0.39 is 90.2 Å². The molecule has 0 radical (unpaired) electrons. The minimum atomic E-state index is -2.51. The Bertz CT molecular complexity index is 8210. The number of rotatable bonds is 15. The average molecular weight is 1930 g/mol. The van der Waals surface area contributed by atoms with Gasteiger partial charge in [-0.25, -0.2) is 23.4 Å². The molecular weight excluding hydrogens is 1790 g/mol. The average Bonchev–Trinajstić information content (AvgIpc) is 1.07. The summed E-state index contributed by atoms with van der Waals surface area (Å²) in [6.45, 7) is 8.85. The third-order valence-electron chi connectivity index (χ3n) is 25.4. The molecule has 5 saturated heterocycles. The number of fused-ring (bicyclic) bond motifs is 5. The molecule has 5 atom stereocenters. The molecule has 20 rings (SSSR count). The molecule has 135 heavy (non-hydrogen) atoms. The lowest BCUT2D eigenvalue weighted by Gasteiger charge is -2.19.